The Labute approximate surface area is 197 Å². The van der Waals surface area contributed by atoms with Crippen LogP contribution in [-0.4, -0.2) is 70.3 Å². The fourth-order valence-corrected chi connectivity index (χ4v) is 4.89. The summed E-state index contributed by atoms with van der Waals surface area (Å²) in [5.74, 6) is -0.647. The number of thioether (sulfide) groups is 1. The van der Waals surface area contributed by atoms with E-state index in [1.165, 1.54) is 25.8 Å². The first-order chi connectivity index (χ1) is 15.7. The topological polar surface area (TPSA) is 85.4 Å². The second kappa shape index (κ2) is 10.7. The van der Waals surface area contributed by atoms with E-state index in [9.17, 15) is 14.4 Å². The number of rotatable bonds is 7. The van der Waals surface area contributed by atoms with Crippen molar-refractivity contribution >= 4 is 35.3 Å². The monoisotopic (exact) mass is 472 g/mol. The highest BCUT2D eigenvalue weighted by atomic mass is 32.2. The molecule has 0 saturated heterocycles. The SMILES string of the molecule is COC(=O)c1ccc2c(c1)S[C@@H](c1ccc(OC)cc1)[C@@H](OC(C)=O)C(=O)N2CCN(C)C. The van der Waals surface area contributed by atoms with Crippen LogP contribution in [0.3, 0.4) is 0 Å². The van der Waals surface area contributed by atoms with Crippen molar-refractivity contribution in [1.82, 2.24) is 4.90 Å². The third-order valence-electron chi connectivity index (χ3n) is 5.22. The highest BCUT2D eigenvalue weighted by Gasteiger charge is 2.41. The van der Waals surface area contributed by atoms with E-state index in [2.05, 4.69) is 0 Å². The van der Waals surface area contributed by atoms with Crippen molar-refractivity contribution < 1.29 is 28.6 Å². The van der Waals surface area contributed by atoms with Crippen LogP contribution in [-0.2, 0) is 19.1 Å². The first kappa shape index (κ1) is 24.6. The highest BCUT2D eigenvalue weighted by Crippen LogP contribution is 2.47. The van der Waals surface area contributed by atoms with Gasteiger partial charge in [-0.1, -0.05) is 12.1 Å². The molecule has 1 aliphatic rings. The summed E-state index contributed by atoms with van der Waals surface area (Å²) >= 11 is 1.38. The molecule has 0 aromatic heterocycles. The maximum atomic E-state index is 13.7. The smallest absolute Gasteiger partial charge is 0.337 e. The maximum absolute atomic E-state index is 13.7. The molecule has 0 saturated carbocycles. The molecule has 0 N–H and O–H groups in total. The first-order valence-corrected chi connectivity index (χ1v) is 11.3. The summed E-state index contributed by atoms with van der Waals surface area (Å²) in [4.78, 5) is 42.2. The molecule has 3 rings (SSSR count). The lowest BCUT2D eigenvalue weighted by molar-refractivity contribution is -0.152. The van der Waals surface area contributed by atoms with E-state index in [-0.39, 0.29) is 5.91 Å². The summed E-state index contributed by atoms with van der Waals surface area (Å²) in [5.41, 5.74) is 1.83. The van der Waals surface area contributed by atoms with Crippen LogP contribution in [0.25, 0.3) is 0 Å². The summed E-state index contributed by atoms with van der Waals surface area (Å²) in [6, 6.07) is 12.4. The minimum absolute atomic E-state index is 0.315. The van der Waals surface area contributed by atoms with Gasteiger partial charge in [-0.05, 0) is 50.0 Å². The Bertz CT molecular complexity index is 1020. The number of carbonyl (C=O) groups is 3. The van der Waals surface area contributed by atoms with Gasteiger partial charge in [0.2, 0.25) is 0 Å². The largest absolute Gasteiger partial charge is 0.497 e. The van der Waals surface area contributed by atoms with Gasteiger partial charge in [-0.15, -0.1) is 11.8 Å². The molecular formula is C24H28N2O6S. The molecule has 1 amide bonds. The lowest BCUT2D eigenvalue weighted by atomic mass is 10.1. The second-order valence-corrected chi connectivity index (χ2v) is 8.99. The van der Waals surface area contributed by atoms with Gasteiger partial charge in [0.05, 0.1) is 30.7 Å². The number of hydrogen-bond acceptors (Lipinski definition) is 8. The summed E-state index contributed by atoms with van der Waals surface area (Å²) in [6.07, 6.45) is -1.04. The molecule has 0 aliphatic carbocycles. The molecular weight excluding hydrogens is 444 g/mol. The molecule has 0 spiro atoms. The number of esters is 2. The molecule has 8 nitrogen and oxygen atoms in total. The van der Waals surface area contributed by atoms with Crippen molar-refractivity contribution in [1.29, 1.82) is 0 Å². The molecule has 0 unspecified atom stereocenters. The molecule has 33 heavy (non-hydrogen) atoms. The minimum atomic E-state index is -1.04. The molecule has 0 bridgehead atoms. The lowest BCUT2D eigenvalue weighted by Gasteiger charge is -2.28. The van der Waals surface area contributed by atoms with Crippen LogP contribution in [0, 0.1) is 0 Å². The van der Waals surface area contributed by atoms with E-state index in [1.807, 2.05) is 31.1 Å². The van der Waals surface area contributed by atoms with Gasteiger partial charge in [0, 0.05) is 24.9 Å². The van der Waals surface area contributed by atoms with E-state index in [1.54, 1.807) is 42.3 Å². The van der Waals surface area contributed by atoms with Crippen LogP contribution in [0.4, 0.5) is 5.69 Å². The average Bonchev–Trinajstić information content (AvgIpc) is 2.91. The molecule has 2 aromatic carbocycles. The third kappa shape index (κ3) is 5.66. The number of carbonyl (C=O) groups excluding carboxylic acids is 3. The number of anilines is 1. The van der Waals surface area contributed by atoms with Crippen LogP contribution in [0.1, 0.15) is 28.1 Å². The molecule has 0 fully saturated rings. The normalized spacial score (nSPS) is 17.9. The first-order valence-electron chi connectivity index (χ1n) is 10.4. The van der Waals surface area contributed by atoms with E-state index in [0.717, 1.165) is 10.5 Å². The van der Waals surface area contributed by atoms with Crippen molar-refractivity contribution in [2.24, 2.45) is 0 Å². The van der Waals surface area contributed by atoms with Crippen molar-refractivity contribution in [3.05, 3.63) is 53.6 Å². The molecule has 176 valence electrons. The van der Waals surface area contributed by atoms with Gasteiger partial charge in [0.1, 0.15) is 5.75 Å². The van der Waals surface area contributed by atoms with Crippen LogP contribution in [0.15, 0.2) is 47.4 Å². The quantitative estimate of drug-likeness (QED) is 0.568. The third-order valence-corrected chi connectivity index (χ3v) is 6.57. The Hall–Kier alpha value is -3.04. The average molecular weight is 473 g/mol. The van der Waals surface area contributed by atoms with Gasteiger partial charge >= 0.3 is 11.9 Å². The van der Waals surface area contributed by atoms with E-state index < -0.39 is 23.3 Å². The fourth-order valence-electron chi connectivity index (χ4n) is 3.53. The molecule has 0 radical (unpaired) electrons. The Kier molecular flexibility index (Phi) is 7.99. The standard InChI is InChI=1S/C24H28N2O6S/c1-15(27)32-21-22(16-6-9-18(30-4)10-7-16)33-20-14-17(24(29)31-5)8-11-19(20)26(23(21)28)13-12-25(2)3/h6-11,14,21-22H,12-13H2,1-5H3/t21-,22+/m1/s1. The molecule has 9 heteroatoms. The van der Waals surface area contributed by atoms with Crippen LogP contribution < -0.4 is 9.64 Å². The Morgan fingerprint density at radius 3 is 2.36 bits per heavy atom. The number of methoxy groups -OCH3 is 2. The van der Waals surface area contributed by atoms with Crippen LogP contribution in [0.5, 0.6) is 5.75 Å². The zero-order valence-corrected chi connectivity index (χ0v) is 20.2. The predicted molar refractivity (Wildman–Crippen MR) is 126 cm³/mol. The van der Waals surface area contributed by atoms with Gasteiger partial charge in [0.15, 0.2) is 6.10 Å². The number of nitrogens with zero attached hydrogens (tertiary/aromatic N) is 2. The van der Waals surface area contributed by atoms with Crippen molar-refractivity contribution in [2.75, 3.05) is 46.3 Å². The number of ether oxygens (including phenoxy) is 3. The van der Waals surface area contributed by atoms with E-state index in [0.29, 0.717) is 30.1 Å². The minimum Gasteiger partial charge on any atom is -0.497 e. The summed E-state index contributed by atoms with van der Waals surface area (Å²) in [6.45, 7) is 2.29. The fraction of sp³-hybridized carbons (Fsp3) is 0.375. The lowest BCUT2D eigenvalue weighted by Crippen LogP contribution is -2.45. The maximum Gasteiger partial charge on any atom is 0.337 e. The van der Waals surface area contributed by atoms with Crippen LogP contribution in [0.2, 0.25) is 0 Å². The molecule has 1 heterocycles. The molecule has 2 aromatic rings. The zero-order valence-electron chi connectivity index (χ0n) is 19.4. The number of fused-ring (bicyclic) bond motifs is 1. The molecule has 2 atom stereocenters. The van der Waals surface area contributed by atoms with Gasteiger partial charge in [0.25, 0.3) is 5.91 Å². The second-order valence-electron chi connectivity index (χ2n) is 7.81. The highest BCUT2D eigenvalue weighted by molar-refractivity contribution is 7.99. The summed E-state index contributed by atoms with van der Waals surface area (Å²) < 4.78 is 15.7. The summed E-state index contributed by atoms with van der Waals surface area (Å²) in [5, 5.41) is -0.525. The zero-order chi connectivity index (χ0) is 24.1. The van der Waals surface area contributed by atoms with Crippen molar-refractivity contribution in [3.63, 3.8) is 0 Å². The van der Waals surface area contributed by atoms with Gasteiger partial charge in [-0.25, -0.2) is 4.79 Å². The number of benzene rings is 2. The van der Waals surface area contributed by atoms with Gasteiger partial charge < -0.3 is 24.0 Å². The van der Waals surface area contributed by atoms with E-state index >= 15 is 0 Å². The van der Waals surface area contributed by atoms with Gasteiger partial charge in [-0.3, -0.25) is 9.59 Å². The van der Waals surface area contributed by atoms with Crippen LogP contribution >= 0.6 is 11.8 Å². The Morgan fingerprint density at radius 1 is 1.09 bits per heavy atom. The van der Waals surface area contributed by atoms with Gasteiger partial charge in [-0.2, -0.15) is 0 Å². The molecule has 1 aliphatic heterocycles. The van der Waals surface area contributed by atoms with E-state index in [4.69, 9.17) is 14.2 Å². The van der Waals surface area contributed by atoms with Crippen molar-refractivity contribution in [2.45, 2.75) is 23.2 Å². The predicted octanol–water partition coefficient (Wildman–Crippen LogP) is 3.16. The number of amides is 1. The number of likely N-dealkylation sites (N-methyl/N-ethyl adjacent to an activating group) is 1. The summed E-state index contributed by atoms with van der Waals surface area (Å²) in [7, 11) is 6.74. The Balaban J connectivity index is 2.14. The van der Waals surface area contributed by atoms with Crippen molar-refractivity contribution in [3.8, 4) is 5.75 Å². The Morgan fingerprint density at radius 2 is 1.79 bits per heavy atom. The number of hydrogen-bond donors (Lipinski definition) is 0.